The molecule has 176 valence electrons. The average Bonchev–Trinajstić information content (AvgIpc) is 3.38. The van der Waals surface area contributed by atoms with Crippen molar-refractivity contribution < 1.29 is 9.59 Å². The fourth-order valence-electron chi connectivity index (χ4n) is 5.00. The number of halogens is 1. The lowest BCUT2D eigenvalue weighted by Crippen LogP contribution is -2.60. The monoisotopic (exact) mass is 494 g/mol. The summed E-state index contributed by atoms with van der Waals surface area (Å²) in [7, 11) is 1.83. The number of hydrogen-bond donors (Lipinski definition) is 0. The molecule has 0 unspecified atom stereocenters. The van der Waals surface area contributed by atoms with Crippen molar-refractivity contribution >= 4 is 46.4 Å². The molecule has 2 aromatic carbocycles. The summed E-state index contributed by atoms with van der Waals surface area (Å²) in [6.45, 7) is 1.60. The van der Waals surface area contributed by atoms with Crippen LogP contribution in [0.5, 0.6) is 0 Å². The van der Waals surface area contributed by atoms with E-state index in [-0.39, 0.29) is 24.1 Å². The Morgan fingerprint density at radius 3 is 2.00 bits per heavy atom. The Morgan fingerprint density at radius 1 is 0.941 bits per heavy atom. The number of nitrogens with zero attached hydrogens (tertiary/aromatic N) is 4. The number of amides is 4. The van der Waals surface area contributed by atoms with E-state index in [4.69, 9.17) is 11.6 Å². The van der Waals surface area contributed by atoms with Crippen LogP contribution in [0.25, 0.3) is 0 Å². The lowest BCUT2D eigenvalue weighted by atomic mass is 10.2. The molecule has 0 radical (unpaired) electrons. The van der Waals surface area contributed by atoms with Crippen LogP contribution in [0.3, 0.4) is 0 Å². The van der Waals surface area contributed by atoms with E-state index in [1.165, 1.54) is 11.3 Å². The largest absolute Gasteiger partial charge is 0.329 e. The first-order valence-electron chi connectivity index (χ1n) is 11.5. The number of para-hydroxylation sites is 2. The number of anilines is 2. The van der Waals surface area contributed by atoms with Crippen LogP contribution >= 0.6 is 22.9 Å². The number of carbonyl (C=O) groups excluding carboxylic acids is 2. The van der Waals surface area contributed by atoms with Gasteiger partial charge in [-0.05, 0) is 54.1 Å². The minimum Gasteiger partial charge on any atom is -0.323 e. The molecule has 2 aliphatic heterocycles. The predicted molar refractivity (Wildman–Crippen MR) is 137 cm³/mol. The second-order valence-electron chi connectivity index (χ2n) is 8.88. The van der Waals surface area contributed by atoms with Crippen LogP contribution in [0.2, 0.25) is 4.34 Å². The number of urea groups is 2. The minimum atomic E-state index is -0.0531. The first-order valence-corrected chi connectivity index (χ1v) is 12.7. The molecule has 34 heavy (non-hydrogen) atoms. The first kappa shape index (κ1) is 22.7. The Kier molecular flexibility index (Phi) is 6.48. The zero-order valence-corrected chi connectivity index (χ0v) is 20.6. The molecule has 3 aromatic rings. The highest BCUT2D eigenvalue weighted by Gasteiger charge is 2.45. The number of rotatable bonds is 4. The Bertz CT molecular complexity index is 1100. The Hall–Kier alpha value is -3.03. The Labute approximate surface area is 208 Å². The number of carbonyl (C=O) groups is 2. The maximum atomic E-state index is 13.8. The molecule has 2 atom stereocenters. The number of piperazine rings is 1. The lowest BCUT2D eigenvalue weighted by molar-refractivity contribution is 0.0855. The van der Waals surface area contributed by atoms with E-state index in [9.17, 15) is 9.59 Å². The molecule has 0 spiro atoms. The molecular formula is C26H27ClN4O2S. The number of likely N-dealkylation sites (tertiary alicyclic amines) is 1. The maximum absolute atomic E-state index is 13.8. The molecule has 6 nitrogen and oxygen atoms in total. The molecule has 2 aliphatic rings. The van der Waals surface area contributed by atoms with Crippen molar-refractivity contribution in [3.8, 4) is 0 Å². The van der Waals surface area contributed by atoms with Crippen LogP contribution in [-0.4, -0.2) is 59.0 Å². The Balaban J connectivity index is 1.32. The van der Waals surface area contributed by atoms with Crippen LogP contribution < -0.4 is 4.90 Å². The van der Waals surface area contributed by atoms with E-state index in [1.807, 2.05) is 89.0 Å². The standard InChI is InChI=1S/C26H27ClN4O2S/c1-28(15-19-14-24(27)34-18-19)25(32)31-22-12-13-23(31)17-29(16-22)26(33)30(20-8-4-2-5-9-20)21-10-6-3-7-11-21/h2-11,14,18,22-23H,12-13,15-17H2,1H3/t22-,23+. The summed E-state index contributed by atoms with van der Waals surface area (Å²) in [6, 6.07) is 21.4. The summed E-state index contributed by atoms with van der Waals surface area (Å²) in [4.78, 5) is 34.5. The van der Waals surface area contributed by atoms with Crippen molar-refractivity contribution in [3.63, 3.8) is 0 Å². The first-order chi connectivity index (χ1) is 16.5. The highest BCUT2D eigenvalue weighted by molar-refractivity contribution is 7.14. The van der Waals surface area contributed by atoms with Gasteiger partial charge in [0.25, 0.3) is 0 Å². The van der Waals surface area contributed by atoms with Crippen molar-refractivity contribution in [3.05, 3.63) is 82.0 Å². The van der Waals surface area contributed by atoms with E-state index in [0.717, 1.165) is 34.1 Å². The van der Waals surface area contributed by atoms with Gasteiger partial charge in [0.1, 0.15) is 0 Å². The topological polar surface area (TPSA) is 47.1 Å². The van der Waals surface area contributed by atoms with Crippen molar-refractivity contribution in [2.24, 2.45) is 0 Å². The van der Waals surface area contributed by atoms with Crippen LogP contribution in [0.1, 0.15) is 18.4 Å². The number of benzene rings is 2. The van der Waals surface area contributed by atoms with Crippen molar-refractivity contribution in [1.29, 1.82) is 0 Å². The minimum absolute atomic E-state index is 0.0184. The molecule has 2 saturated heterocycles. The van der Waals surface area contributed by atoms with Crippen molar-refractivity contribution in [2.45, 2.75) is 31.5 Å². The van der Waals surface area contributed by atoms with E-state index in [0.29, 0.717) is 19.6 Å². The number of hydrogen-bond acceptors (Lipinski definition) is 3. The Morgan fingerprint density at radius 2 is 1.50 bits per heavy atom. The fraction of sp³-hybridized carbons (Fsp3) is 0.308. The summed E-state index contributed by atoms with van der Waals surface area (Å²) >= 11 is 7.53. The van der Waals surface area contributed by atoms with E-state index < -0.39 is 0 Å². The zero-order chi connectivity index (χ0) is 23.7. The SMILES string of the molecule is CN(Cc1csc(Cl)c1)C(=O)N1[C@@H]2CC[C@H]1CN(C(=O)N(c1ccccc1)c1ccccc1)C2. The third kappa shape index (κ3) is 4.50. The van der Waals surface area contributed by atoms with Gasteiger partial charge in [-0.15, -0.1) is 11.3 Å². The highest BCUT2D eigenvalue weighted by atomic mass is 35.5. The number of thiophene rings is 1. The van der Waals surface area contributed by atoms with Gasteiger partial charge in [-0.1, -0.05) is 48.0 Å². The molecule has 0 N–H and O–H groups in total. The summed E-state index contributed by atoms with van der Waals surface area (Å²) in [5, 5.41) is 1.99. The smallest absolute Gasteiger partial charge is 0.323 e. The van der Waals surface area contributed by atoms with Gasteiger partial charge in [0.15, 0.2) is 0 Å². The normalized spacial score (nSPS) is 19.2. The van der Waals surface area contributed by atoms with Gasteiger partial charge in [-0.25, -0.2) is 9.59 Å². The maximum Gasteiger partial charge on any atom is 0.329 e. The van der Waals surface area contributed by atoms with Gasteiger partial charge in [-0.3, -0.25) is 4.90 Å². The molecule has 3 heterocycles. The molecule has 4 amide bonds. The van der Waals surface area contributed by atoms with Gasteiger partial charge in [-0.2, -0.15) is 0 Å². The summed E-state index contributed by atoms with van der Waals surface area (Å²) in [5.74, 6) is 0. The van der Waals surface area contributed by atoms with Gasteiger partial charge in [0, 0.05) is 26.7 Å². The summed E-state index contributed by atoms with van der Waals surface area (Å²) in [5.41, 5.74) is 2.70. The third-order valence-electron chi connectivity index (χ3n) is 6.56. The highest BCUT2D eigenvalue weighted by Crippen LogP contribution is 2.34. The third-order valence-corrected chi connectivity index (χ3v) is 7.70. The molecule has 0 saturated carbocycles. The number of fused-ring (bicyclic) bond motifs is 2. The van der Waals surface area contributed by atoms with E-state index in [2.05, 4.69) is 0 Å². The summed E-state index contributed by atoms with van der Waals surface area (Å²) in [6.07, 6.45) is 1.82. The van der Waals surface area contributed by atoms with Gasteiger partial charge >= 0.3 is 12.1 Å². The molecule has 2 bridgehead atoms. The molecular weight excluding hydrogens is 468 g/mol. The lowest BCUT2D eigenvalue weighted by Gasteiger charge is -2.43. The van der Waals surface area contributed by atoms with Crippen LogP contribution in [-0.2, 0) is 6.54 Å². The predicted octanol–water partition coefficient (Wildman–Crippen LogP) is 6.06. The molecule has 1 aromatic heterocycles. The van der Waals surface area contributed by atoms with Gasteiger partial charge in [0.05, 0.1) is 27.8 Å². The molecule has 2 fully saturated rings. The van der Waals surface area contributed by atoms with Crippen LogP contribution in [0.15, 0.2) is 72.1 Å². The van der Waals surface area contributed by atoms with Crippen LogP contribution in [0, 0.1) is 0 Å². The van der Waals surface area contributed by atoms with Crippen molar-refractivity contribution in [2.75, 3.05) is 25.0 Å². The second kappa shape index (κ2) is 9.68. The van der Waals surface area contributed by atoms with E-state index in [1.54, 1.807) is 9.80 Å². The second-order valence-corrected chi connectivity index (χ2v) is 10.4. The van der Waals surface area contributed by atoms with Gasteiger partial charge in [0.2, 0.25) is 0 Å². The van der Waals surface area contributed by atoms with E-state index >= 15 is 0 Å². The quantitative estimate of drug-likeness (QED) is 0.442. The molecule has 0 aliphatic carbocycles. The average molecular weight is 495 g/mol. The molecule has 5 rings (SSSR count). The van der Waals surface area contributed by atoms with Crippen LogP contribution in [0.4, 0.5) is 21.0 Å². The zero-order valence-electron chi connectivity index (χ0n) is 19.0. The van der Waals surface area contributed by atoms with Gasteiger partial charge < -0.3 is 14.7 Å². The fourth-order valence-corrected chi connectivity index (χ4v) is 5.90. The van der Waals surface area contributed by atoms with Crippen molar-refractivity contribution in [1.82, 2.24) is 14.7 Å². The molecule has 8 heteroatoms. The summed E-state index contributed by atoms with van der Waals surface area (Å²) < 4.78 is 0.726.